The molecule has 0 radical (unpaired) electrons. The summed E-state index contributed by atoms with van der Waals surface area (Å²) in [6.45, 7) is 1.00. The summed E-state index contributed by atoms with van der Waals surface area (Å²) in [5, 5.41) is 12.3. The van der Waals surface area contributed by atoms with Crippen LogP contribution in [0.1, 0.15) is 24.8 Å². The van der Waals surface area contributed by atoms with Crippen molar-refractivity contribution in [2.24, 2.45) is 11.8 Å². The van der Waals surface area contributed by atoms with Gasteiger partial charge >= 0.3 is 12.0 Å². The van der Waals surface area contributed by atoms with Crippen LogP contribution in [-0.2, 0) is 11.3 Å². The molecule has 1 saturated carbocycles. The number of hydrogen-bond acceptors (Lipinski definition) is 2. The van der Waals surface area contributed by atoms with Crippen molar-refractivity contribution in [1.29, 1.82) is 0 Å². The number of benzene rings is 1. The Balaban J connectivity index is 1.65. The van der Waals surface area contributed by atoms with Crippen molar-refractivity contribution in [3.8, 4) is 0 Å². The maximum Gasteiger partial charge on any atom is 0.326 e. The lowest BCUT2D eigenvalue weighted by Crippen LogP contribution is -2.47. The molecule has 2 amide bonds. The number of fused-ring (bicyclic) bond motifs is 1. The Hall–Kier alpha value is -2.04. The Morgan fingerprint density at radius 2 is 2.00 bits per heavy atom. The summed E-state index contributed by atoms with van der Waals surface area (Å²) in [6, 6.07) is 8.71. The van der Waals surface area contributed by atoms with Crippen molar-refractivity contribution in [2.75, 3.05) is 6.54 Å². The van der Waals surface area contributed by atoms with E-state index in [1.807, 2.05) is 30.3 Å². The molecule has 1 aromatic rings. The zero-order chi connectivity index (χ0) is 14.8. The number of carboxylic acids is 1. The summed E-state index contributed by atoms with van der Waals surface area (Å²) in [7, 11) is 0. The maximum absolute atomic E-state index is 12.3. The number of amides is 2. The number of aliphatic carboxylic acids is 1. The lowest BCUT2D eigenvalue weighted by Gasteiger charge is -2.24. The van der Waals surface area contributed by atoms with Crippen molar-refractivity contribution in [3.63, 3.8) is 0 Å². The van der Waals surface area contributed by atoms with Gasteiger partial charge in [0.15, 0.2) is 0 Å². The Morgan fingerprint density at radius 1 is 1.24 bits per heavy atom. The van der Waals surface area contributed by atoms with Crippen molar-refractivity contribution >= 4 is 12.0 Å². The number of carboxylic acid groups (broad SMARTS) is 1. The third-order valence-corrected chi connectivity index (χ3v) is 4.69. The van der Waals surface area contributed by atoms with Crippen LogP contribution in [-0.4, -0.2) is 34.6 Å². The van der Waals surface area contributed by atoms with Gasteiger partial charge in [-0.3, -0.25) is 0 Å². The SMILES string of the molecule is O=C(O)C1C2CCCC2CN1C(=O)NCc1ccccc1. The molecule has 5 heteroatoms. The highest BCUT2D eigenvalue weighted by atomic mass is 16.4. The van der Waals surface area contributed by atoms with Gasteiger partial charge in [0, 0.05) is 13.1 Å². The van der Waals surface area contributed by atoms with Gasteiger partial charge in [-0.25, -0.2) is 9.59 Å². The molecule has 3 rings (SSSR count). The van der Waals surface area contributed by atoms with Gasteiger partial charge in [-0.1, -0.05) is 36.8 Å². The first-order valence-corrected chi connectivity index (χ1v) is 7.48. The van der Waals surface area contributed by atoms with Crippen LogP contribution < -0.4 is 5.32 Å². The van der Waals surface area contributed by atoms with E-state index in [1.54, 1.807) is 0 Å². The van der Waals surface area contributed by atoms with E-state index in [2.05, 4.69) is 5.32 Å². The van der Waals surface area contributed by atoms with E-state index in [9.17, 15) is 14.7 Å². The van der Waals surface area contributed by atoms with Gasteiger partial charge in [0.1, 0.15) is 6.04 Å². The average Bonchev–Trinajstić information content (AvgIpc) is 3.05. The fraction of sp³-hybridized carbons (Fsp3) is 0.500. The molecule has 3 atom stereocenters. The molecular formula is C16H20N2O3. The molecule has 21 heavy (non-hydrogen) atoms. The van der Waals surface area contributed by atoms with E-state index in [4.69, 9.17) is 0 Å². The van der Waals surface area contributed by atoms with Crippen LogP contribution in [0.4, 0.5) is 4.79 Å². The predicted octanol–water partition coefficient (Wildman–Crippen LogP) is 2.08. The number of carbonyl (C=O) groups excluding carboxylic acids is 1. The largest absolute Gasteiger partial charge is 0.480 e. The third-order valence-electron chi connectivity index (χ3n) is 4.69. The second-order valence-corrected chi connectivity index (χ2v) is 5.93. The molecule has 1 saturated heterocycles. The van der Waals surface area contributed by atoms with E-state index in [-0.39, 0.29) is 11.9 Å². The molecule has 0 aromatic heterocycles. The Morgan fingerprint density at radius 3 is 2.71 bits per heavy atom. The first-order chi connectivity index (χ1) is 10.2. The molecule has 2 N–H and O–H groups in total. The van der Waals surface area contributed by atoms with Crippen LogP contribution >= 0.6 is 0 Å². The molecule has 1 heterocycles. The molecule has 2 fully saturated rings. The number of nitrogens with one attached hydrogen (secondary N) is 1. The average molecular weight is 288 g/mol. The summed E-state index contributed by atoms with van der Waals surface area (Å²) < 4.78 is 0. The van der Waals surface area contributed by atoms with Gasteiger partial charge in [-0.05, 0) is 30.2 Å². The summed E-state index contributed by atoms with van der Waals surface area (Å²) in [4.78, 5) is 25.3. The van der Waals surface area contributed by atoms with E-state index in [1.165, 1.54) is 4.90 Å². The van der Waals surface area contributed by atoms with Crippen molar-refractivity contribution in [1.82, 2.24) is 10.2 Å². The first-order valence-electron chi connectivity index (χ1n) is 7.48. The van der Waals surface area contributed by atoms with Gasteiger partial charge in [0.2, 0.25) is 0 Å². The fourth-order valence-electron chi connectivity index (χ4n) is 3.71. The topological polar surface area (TPSA) is 69.6 Å². The number of carbonyl (C=O) groups is 2. The van der Waals surface area contributed by atoms with Gasteiger partial charge in [0.05, 0.1) is 0 Å². The Kier molecular flexibility index (Phi) is 3.82. The van der Waals surface area contributed by atoms with Crippen LogP contribution in [0.2, 0.25) is 0 Å². The second-order valence-electron chi connectivity index (χ2n) is 5.93. The molecule has 5 nitrogen and oxygen atoms in total. The van der Waals surface area contributed by atoms with E-state index in [0.29, 0.717) is 19.0 Å². The monoisotopic (exact) mass is 288 g/mol. The zero-order valence-corrected chi connectivity index (χ0v) is 11.9. The van der Waals surface area contributed by atoms with Gasteiger partial charge in [-0.2, -0.15) is 0 Å². The molecule has 1 aromatic carbocycles. The minimum Gasteiger partial charge on any atom is -0.480 e. The van der Waals surface area contributed by atoms with E-state index >= 15 is 0 Å². The normalized spacial score (nSPS) is 27.4. The van der Waals surface area contributed by atoms with Crippen LogP contribution in [0.5, 0.6) is 0 Å². The summed E-state index contributed by atoms with van der Waals surface area (Å²) in [6.07, 6.45) is 3.04. The lowest BCUT2D eigenvalue weighted by molar-refractivity contribution is -0.142. The molecule has 0 spiro atoms. The standard InChI is InChI=1S/C16H20N2O3/c19-15(20)14-13-8-4-7-12(13)10-18(14)16(21)17-9-11-5-2-1-3-6-11/h1-3,5-6,12-14H,4,7-10H2,(H,17,21)(H,19,20). The third kappa shape index (κ3) is 2.73. The molecule has 2 aliphatic rings. The minimum atomic E-state index is -0.876. The van der Waals surface area contributed by atoms with Gasteiger partial charge in [-0.15, -0.1) is 0 Å². The van der Waals surface area contributed by atoms with E-state index in [0.717, 1.165) is 24.8 Å². The highest BCUT2D eigenvalue weighted by Crippen LogP contribution is 2.42. The molecule has 112 valence electrons. The maximum atomic E-state index is 12.3. The second kappa shape index (κ2) is 5.76. The number of hydrogen-bond donors (Lipinski definition) is 2. The smallest absolute Gasteiger partial charge is 0.326 e. The van der Waals surface area contributed by atoms with Crippen LogP contribution in [0.15, 0.2) is 30.3 Å². The fourth-order valence-corrected chi connectivity index (χ4v) is 3.71. The van der Waals surface area contributed by atoms with Crippen LogP contribution in [0.25, 0.3) is 0 Å². The predicted molar refractivity (Wildman–Crippen MR) is 77.6 cm³/mol. The van der Waals surface area contributed by atoms with Crippen molar-refractivity contribution in [2.45, 2.75) is 31.8 Å². The van der Waals surface area contributed by atoms with Crippen molar-refractivity contribution in [3.05, 3.63) is 35.9 Å². The van der Waals surface area contributed by atoms with Gasteiger partial charge < -0.3 is 15.3 Å². The number of likely N-dealkylation sites (tertiary alicyclic amines) is 1. The molecule has 1 aliphatic carbocycles. The van der Waals surface area contributed by atoms with Crippen LogP contribution in [0.3, 0.4) is 0 Å². The summed E-state index contributed by atoms with van der Waals surface area (Å²) in [5.74, 6) is -0.391. The minimum absolute atomic E-state index is 0.130. The first kappa shape index (κ1) is 13.9. The van der Waals surface area contributed by atoms with Crippen LogP contribution in [0, 0.1) is 11.8 Å². The Bertz CT molecular complexity index is 532. The summed E-state index contributed by atoms with van der Waals surface area (Å²) >= 11 is 0. The summed E-state index contributed by atoms with van der Waals surface area (Å²) in [5.41, 5.74) is 1.01. The molecule has 3 unspecified atom stereocenters. The highest BCUT2D eigenvalue weighted by molar-refractivity contribution is 5.83. The van der Waals surface area contributed by atoms with E-state index < -0.39 is 12.0 Å². The molecule has 1 aliphatic heterocycles. The van der Waals surface area contributed by atoms with Crippen molar-refractivity contribution < 1.29 is 14.7 Å². The van der Waals surface area contributed by atoms with Gasteiger partial charge in [0.25, 0.3) is 0 Å². The zero-order valence-electron chi connectivity index (χ0n) is 11.9. The highest BCUT2D eigenvalue weighted by Gasteiger charge is 2.49. The number of urea groups is 1. The number of nitrogens with zero attached hydrogens (tertiary/aromatic N) is 1. The lowest BCUT2D eigenvalue weighted by atomic mass is 9.94. The quantitative estimate of drug-likeness (QED) is 0.894. The Labute approximate surface area is 123 Å². The molecule has 0 bridgehead atoms. The number of rotatable bonds is 3. The molecular weight excluding hydrogens is 268 g/mol.